The Morgan fingerprint density at radius 2 is 1.38 bits per heavy atom. The zero-order valence-electron chi connectivity index (χ0n) is 7.25. The molecule has 0 radical (unpaired) electrons. The summed E-state index contributed by atoms with van der Waals surface area (Å²) in [4.78, 5) is 20.9. The zero-order chi connectivity index (χ0) is 10.4. The topological polar surface area (TPSA) is 52.6 Å². The van der Waals surface area contributed by atoms with Crippen LogP contribution in [-0.4, -0.2) is 28.4 Å². The Morgan fingerprint density at radius 3 is 1.62 bits per heavy atom. The molecule has 0 aliphatic heterocycles. The van der Waals surface area contributed by atoms with Crippen molar-refractivity contribution in [1.82, 2.24) is 0 Å². The summed E-state index contributed by atoms with van der Waals surface area (Å²) < 4.78 is 9.15. The maximum atomic E-state index is 10.8. The smallest absolute Gasteiger partial charge is 0.322 e. The van der Waals surface area contributed by atoms with Gasteiger partial charge in [0.1, 0.15) is 9.65 Å². The largest absolute Gasteiger partial charge is 0.427 e. The predicted molar refractivity (Wildman–Crippen MR) is 53.8 cm³/mol. The molecule has 0 aliphatic carbocycles. The second kappa shape index (κ2) is 6.37. The SMILES string of the molecule is CC(Br)C(=O)OCOC(=O)C(C)Br. The van der Waals surface area contributed by atoms with E-state index >= 15 is 0 Å². The molecule has 0 N–H and O–H groups in total. The van der Waals surface area contributed by atoms with Gasteiger partial charge in [0, 0.05) is 0 Å². The first-order valence-electron chi connectivity index (χ1n) is 3.56. The minimum Gasteiger partial charge on any atom is -0.427 e. The summed E-state index contributed by atoms with van der Waals surface area (Å²) in [5, 5.41) is 0. The van der Waals surface area contributed by atoms with E-state index in [0.717, 1.165) is 0 Å². The average molecular weight is 318 g/mol. The first kappa shape index (κ1) is 12.9. The lowest BCUT2D eigenvalue weighted by atomic mass is 10.5. The molecule has 0 aromatic carbocycles. The van der Waals surface area contributed by atoms with Crippen LogP contribution in [0.5, 0.6) is 0 Å². The molecule has 2 atom stereocenters. The number of alkyl halides is 2. The van der Waals surface area contributed by atoms with Crippen molar-refractivity contribution in [3.63, 3.8) is 0 Å². The number of carbonyl (C=O) groups excluding carboxylic acids is 2. The van der Waals surface area contributed by atoms with Gasteiger partial charge >= 0.3 is 11.9 Å². The Bertz CT molecular complexity index is 171. The molecule has 0 aliphatic rings. The summed E-state index contributed by atoms with van der Waals surface area (Å²) in [7, 11) is 0. The molecule has 13 heavy (non-hydrogen) atoms. The third-order valence-corrected chi connectivity index (χ3v) is 1.80. The van der Waals surface area contributed by atoms with Crippen LogP contribution in [0.2, 0.25) is 0 Å². The monoisotopic (exact) mass is 316 g/mol. The third-order valence-electron chi connectivity index (χ3n) is 1.05. The van der Waals surface area contributed by atoms with Gasteiger partial charge in [0.2, 0.25) is 6.79 Å². The molecule has 2 unspecified atom stereocenters. The summed E-state index contributed by atoms with van der Waals surface area (Å²) in [6, 6.07) is 0. The summed E-state index contributed by atoms with van der Waals surface area (Å²) >= 11 is 6.02. The lowest BCUT2D eigenvalue weighted by Crippen LogP contribution is -2.20. The number of rotatable bonds is 4. The Kier molecular flexibility index (Phi) is 6.32. The van der Waals surface area contributed by atoms with Crippen molar-refractivity contribution < 1.29 is 19.1 Å². The van der Waals surface area contributed by atoms with Gasteiger partial charge in [-0.15, -0.1) is 0 Å². The molecule has 0 fully saturated rings. The molecular weight excluding hydrogens is 308 g/mol. The highest BCUT2D eigenvalue weighted by Crippen LogP contribution is 2.02. The summed E-state index contributed by atoms with van der Waals surface area (Å²) in [6.45, 7) is 2.90. The van der Waals surface area contributed by atoms with Crippen LogP contribution < -0.4 is 0 Å². The van der Waals surface area contributed by atoms with Crippen LogP contribution in [0.15, 0.2) is 0 Å². The second-order valence-corrected chi connectivity index (χ2v) is 5.02. The van der Waals surface area contributed by atoms with Crippen molar-refractivity contribution in [2.45, 2.75) is 23.5 Å². The van der Waals surface area contributed by atoms with Crippen LogP contribution in [0.4, 0.5) is 0 Å². The van der Waals surface area contributed by atoms with E-state index in [2.05, 4.69) is 41.3 Å². The number of halogens is 2. The first-order valence-corrected chi connectivity index (χ1v) is 5.39. The second-order valence-electron chi connectivity index (χ2n) is 2.28. The number of esters is 2. The van der Waals surface area contributed by atoms with Crippen LogP contribution in [0, 0.1) is 0 Å². The number of hydrogen-bond donors (Lipinski definition) is 0. The highest BCUT2D eigenvalue weighted by atomic mass is 79.9. The normalized spacial score (nSPS) is 14.5. The first-order chi connectivity index (χ1) is 5.95. The van der Waals surface area contributed by atoms with Crippen LogP contribution >= 0.6 is 31.9 Å². The van der Waals surface area contributed by atoms with E-state index in [-0.39, 0.29) is 6.79 Å². The van der Waals surface area contributed by atoms with E-state index in [4.69, 9.17) is 0 Å². The van der Waals surface area contributed by atoms with E-state index < -0.39 is 21.6 Å². The molecule has 0 saturated carbocycles. The van der Waals surface area contributed by atoms with Gasteiger partial charge in [0.25, 0.3) is 0 Å². The lowest BCUT2D eigenvalue weighted by Gasteiger charge is -2.07. The van der Waals surface area contributed by atoms with Gasteiger partial charge in [-0.05, 0) is 13.8 Å². The van der Waals surface area contributed by atoms with E-state index in [0.29, 0.717) is 0 Å². The summed E-state index contributed by atoms with van der Waals surface area (Å²) in [6.07, 6.45) is 0. The van der Waals surface area contributed by atoms with Crippen molar-refractivity contribution in [3.8, 4) is 0 Å². The van der Waals surface area contributed by atoms with E-state index in [9.17, 15) is 9.59 Å². The van der Waals surface area contributed by atoms with Crippen LogP contribution in [-0.2, 0) is 19.1 Å². The van der Waals surface area contributed by atoms with Crippen molar-refractivity contribution in [2.24, 2.45) is 0 Å². The highest BCUT2D eigenvalue weighted by molar-refractivity contribution is 9.10. The maximum absolute atomic E-state index is 10.8. The molecule has 76 valence electrons. The van der Waals surface area contributed by atoms with Gasteiger partial charge in [-0.3, -0.25) is 9.59 Å². The molecule has 0 amide bonds. The quantitative estimate of drug-likeness (QED) is 0.449. The molecule has 0 bridgehead atoms. The van der Waals surface area contributed by atoms with Crippen LogP contribution in [0.25, 0.3) is 0 Å². The van der Waals surface area contributed by atoms with E-state index in [1.54, 1.807) is 13.8 Å². The van der Waals surface area contributed by atoms with Gasteiger partial charge in [0.15, 0.2) is 0 Å². The van der Waals surface area contributed by atoms with Crippen LogP contribution in [0.1, 0.15) is 13.8 Å². The molecule has 0 rings (SSSR count). The number of hydrogen-bond acceptors (Lipinski definition) is 4. The Morgan fingerprint density at radius 1 is 1.08 bits per heavy atom. The number of ether oxygens (including phenoxy) is 2. The van der Waals surface area contributed by atoms with Crippen molar-refractivity contribution >= 4 is 43.8 Å². The summed E-state index contributed by atoms with van der Waals surface area (Å²) in [5.74, 6) is -0.926. The van der Waals surface area contributed by atoms with Crippen molar-refractivity contribution in [3.05, 3.63) is 0 Å². The highest BCUT2D eigenvalue weighted by Gasteiger charge is 2.13. The van der Waals surface area contributed by atoms with Gasteiger partial charge in [0.05, 0.1) is 0 Å². The average Bonchev–Trinajstić information content (AvgIpc) is 2.03. The maximum Gasteiger partial charge on any atom is 0.322 e. The molecular formula is C7H10Br2O4. The molecule has 0 aromatic rings. The van der Waals surface area contributed by atoms with Gasteiger partial charge < -0.3 is 9.47 Å². The molecule has 0 spiro atoms. The molecule has 6 heteroatoms. The van der Waals surface area contributed by atoms with E-state index in [1.165, 1.54) is 0 Å². The standard InChI is InChI=1S/C7H10Br2O4/c1-4(8)6(10)12-3-13-7(11)5(2)9/h4-5H,3H2,1-2H3. The molecule has 0 heterocycles. The van der Waals surface area contributed by atoms with E-state index in [1.807, 2.05) is 0 Å². The zero-order valence-corrected chi connectivity index (χ0v) is 10.4. The molecule has 0 aromatic heterocycles. The Labute approximate surface area is 93.2 Å². The minimum absolute atomic E-state index is 0.344. The molecule has 0 saturated heterocycles. The fourth-order valence-corrected chi connectivity index (χ4v) is 0.640. The number of carbonyl (C=O) groups is 2. The minimum atomic E-state index is -0.463. The molecule has 4 nitrogen and oxygen atoms in total. The Balaban J connectivity index is 3.57. The van der Waals surface area contributed by atoms with Crippen molar-refractivity contribution in [2.75, 3.05) is 6.79 Å². The van der Waals surface area contributed by atoms with Crippen molar-refractivity contribution in [1.29, 1.82) is 0 Å². The summed E-state index contributed by atoms with van der Waals surface area (Å²) in [5.41, 5.74) is 0. The van der Waals surface area contributed by atoms with Crippen LogP contribution in [0.3, 0.4) is 0 Å². The Hall–Kier alpha value is -0.100. The lowest BCUT2D eigenvalue weighted by molar-refractivity contribution is -0.165. The van der Waals surface area contributed by atoms with Gasteiger partial charge in [-0.2, -0.15) is 0 Å². The fourth-order valence-electron chi connectivity index (χ4n) is 0.375. The van der Waals surface area contributed by atoms with Gasteiger partial charge in [-0.25, -0.2) is 0 Å². The van der Waals surface area contributed by atoms with Gasteiger partial charge in [-0.1, -0.05) is 31.9 Å². The predicted octanol–water partition coefficient (Wildman–Crippen LogP) is 1.60. The third kappa shape index (κ3) is 6.04. The fraction of sp³-hybridized carbons (Fsp3) is 0.714.